The first-order valence-corrected chi connectivity index (χ1v) is 7.69. The quantitative estimate of drug-likeness (QED) is 0.661. The zero-order valence-electron chi connectivity index (χ0n) is 14.2. The molecule has 12 heteroatoms. The molecule has 6 nitrogen and oxygen atoms in total. The number of benzene rings is 1. The first-order valence-electron chi connectivity index (χ1n) is 7.69. The SMILES string of the molecule is C[C@@H](O)CNc1nnc(-c2ccc(C(F)(F)F)cc2C(F)(F)F)cc1C(N)=O. The van der Waals surface area contributed by atoms with Crippen LogP contribution in [0.15, 0.2) is 24.3 Å². The largest absolute Gasteiger partial charge is 0.417 e. The van der Waals surface area contributed by atoms with E-state index in [9.17, 15) is 36.2 Å². The number of carbonyl (C=O) groups excluding carboxylic acids is 1. The second-order valence-electron chi connectivity index (χ2n) is 5.84. The summed E-state index contributed by atoms with van der Waals surface area (Å²) < 4.78 is 78.2. The fourth-order valence-corrected chi connectivity index (χ4v) is 2.26. The summed E-state index contributed by atoms with van der Waals surface area (Å²) in [5, 5.41) is 18.9. The van der Waals surface area contributed by atoms with E-state index in [4.69, 9.17) is 5.73 Å². The van der Waals surface area contributed by atoms with Crippen LogP contribution >= 0.6 is 0 Å². The van der Waals surface area contributed by atoms with Crippen LogP contribution in [0.4, 0.5) is 32.2 Å². The normalized spacial score (nSPS) is 13.3. The second-order valence-corrected chi connectivity index (χ2v) is 5.84. The highest BCUT2D eigenvalue weighted by atomic mass is 19.4. The number of nitrogens with two attached hydrogens (primary N) is 1. The van der Waals surface area contributed by atoms with Gasteiger partial charge < -0.3 is 16.2 Å². The molecule has 2 aromatic rings. The van der Waals surface area contributed by atoms with Crippen molar-refractivity contribution in [2.24, 2.45) is 5.73 Å². The van der Waals surface area contributed by atoms with E-state index in [0.717, 1.165) is 6.07 Å². The molecular formula is C16H14F6N4O2. The van der Waals surface area contributed by atoms with Crippen molar-refractivity contribution in [1.29, 1.82) is 0 Å². The Labute approximate surface area is 154 Å². The molecule has 0 fully saturated rings. The molecule has 1 heterocycles. The number of amides is 1. The van der Waals surface area contributed by atoms with Gasteiger partial charge in [0, 0.05) is 12.1 Å². The monoisotopic (exact) mass is 408 g/mol. The lowest BCUT2D eigenvalue weighted by molar-refractivity contribution is -0.142. The summed E-state index contributed by atoms with van der Waals surface area (Å²) in [7, 11) is 0. The predicted molar refractivity (Wildman–Crippen MR) is 86.2 cm³/mol. The van der Waals surface area contributed by atoms with Crippen molar-refractivity contribution in [2.45, 2.75) is 25.4 Å². The smallest absolute Gasteiger partial charge is 0.392 e. The molecule has 0 aliphatic heterocycles. The van der Waals surface area contributed by atoms with Crippen LogP contribution in [0.3, 0.4) is 0 Å². The summed E-state index contributed by atoms with van der Waals surface area (Å²) in [6.45, 7) is 1.37. The van der Waals surface area contributed by atoms with Crippen LogP contribution in [0.25, 0.3) is 11.3 Å². The standard InChI is InChI=1S/C16H14F6N4O2/c1-7(27)6-24-14-10(13(23)28)5-12(25-26-14)9-3-2-8(15(17,18)19)4-11(9)16(20,21)22/h2-5,7,27H,6H2,1H3,(H2,23,28)(H,24,26)/t7-/m1/s1. The van der Waals surface area contributed by atoms with Crippen molar-refractivity contribution >= 4 is 11.7 Å². The van der Waals surface area contributed by atoms with E-state index in [1.807, 2.05) is 0 Å². The highest BCUT2D eigenvalue weighted by Crippen LogP contribution is 2.40. The maximum Gasteiger partial charge on any atom is 0.417 e. The van der Waals surface area contributed by atoms with Crippen molar-refractivity contribution in [1.82, 2.24) is 10.2 Å². The van der Waals surface area contributed by atoms with Gasteiger partial charge in [0.1, 0.15) is 0 Å². The topological polar surface area (TPSA) is 101 Å². The molecule has 1 atom stereocenters. The molecule has 0 saturated carbocycles. The van der Waals surface area contributed by atoms with Crippen LogP contribution in [0.2, 0.25) is 0 Å². The number of alkyl halides is 6. The molecule has 1 amide bonds. The Morgan fingerprint density at radius 2 is 1.79 bits per heavy atom. The lowest BCUT2D eigenvalue weighted by Gasteiger charge is -2.16. The van der Waals surface area contributed by atoms with Gasteiger partial charge in [0.25, 0.3) is 5.91 Å². The maximum atomic E-state index is 13.3. The van der Waals surface area contributed by atoms with Gasteiger partial charge in [-0.25, -0.2) is 0 Å². The average molecular weight is 408 g/mol. The zero-order valence-corrected chi connectivity index (χ0v) is 14.2. The van der Waals surface area contributed by atoms with Gasteiger partial charge in [0.2, 0.25) is 0 Å². The molecule has 0 aliphatic carbocycles. The number of nitrogens with zero attached hydrogens (tertiary/aromatic N) is 2. The van der Waals surface area contributed by atoms with E-state index in [0.29, 0.717) is 12.1 Å². The number of carbonyl (C=O) groups is 1. The van der Waals surface area contributed by atoms with Crippen molar-refractivity contribution in [3.05, 3.63) is 41.0 Å². The Balaban J connectivity index is 2.61. The van der Waals surface area contributed by atoms with E-state index in [-0.39, 0.29) is 24.0 Å². The Morgan fingerprint density at radius 1 is 1.14 bits per heavy atom. The molecule has 0 spiro atoms. The number of aromatic nitrogens is 2. The van der Waals surface area contributed by atoms with Gasteiger partial charge in [-0.2, -0.15) is 26.3 Å². The molecule has 28 heavy (non-hydrogen) atoms. The number of anilines is 1. The van der Waals surface area contributed by atoms with E-state index in [2.05, 4.69) is 15.5 Å². The molecule has 0 aliphatic rings. The minimum Gasteiger partial charge on any atom is -0.392 e. The van der Waals surface area contributed by atoms with Crippen LogP contribution in [-0.2, 0) is 12.4 Å². The van der Waals surface area contributed by atoms with Crippen LogP contribution in [-0.4, -0.2) is 33.9 Å². The van der Waals surface area contributed by atoms with Crippen molar-refractivity contribution in [3.63, 3.8) is 0 Å². The van der Waals surface area contributed by atoms with E-state index >= 15 is 0 Å². The lowest BCUT2D eigenvalue weighted by Crippen LogP contribution is -2.21. The van der Waals surface area contributed by atoms with Crippen LogP contribution in [0, 0.1) is 0 Å². The third-order valence-corrected chi connectivity index (χ3v) is 3.55. The molecule has 0 radical (unpaired) electrons. The first kappa shape index (κ1) is 21.4. The van der Waals surface area contributed by atoms with Gasteiger partial charge in [0.15, 0.2) is 5.82 Å². The molecule has 2 rings (SSSR count). The molecular weight excluding hydrogens is 394 g/mol. The minimum atomic E-state index is -5.12. The number of rotatable bonds is 5. The fraction of sp³-hybridized carbons (Fsp3) is 0.312. The number of aliphatic hydroxyl groups is 1. The summed E-state index contributed by atoms with van der Waals surface area (Å²) in [6, 6.07) is 1.91. The molecule has 0 bridgehead atoms. The summed E-state index contributed by atoms with van der Waals surface area (Å²) in [4.78, 5) is 11.6. The fourth-order valence-electron chi connectivity index (χ4n) is 2.26. The molecule has 0 unspecified atom stereocenters. The van der Waals surface area contributed by atoms with Crippen molar-refractivity contribution < 1.29 is 36.2 Å². The van der Waals surface area contributed by atoms with Crippen LogP contribution in [0.1, 0.15) is 28.4 Å². The molecule has 0 saturated heterocycles. The first-order chi connectivity index (χ1) is 12.8. The number of halogens is 6. The highest BCUT2D eigenvalue weighted by Gasteiger charge is 2.38. The van der Waals surface area contributed by atoms with Gasteiger partial charge in [-0.1, -0.05) is 6.07 Å². The summed E-state index contributed by atoms with van der Waals surface area (Å²) in [6.07, 6.45) is -10.9. The maximum absolute atomic E-state index is 13.3. The Morgan fingerprint density at radius 3 is 2.29 bits per heavy atom. The Hall–Kier alpha value is -2.89. The zero-order chi connectivity index (χ0) is 21.3. The average Bonchev–Trinajstić information content (AvgIpc) is 2.57. The highest BCUT2D eigenvalue weighted by molar-refractivity contribution is 5.98. The number of aliphatic hydroxyl groups excluding tert-OH is 1. The van der Waals surface area contributed by atoms with E-state index in [1.54, 1.807) is 0 Å². The minimum absolute atomic E-state index is 0.0411. The predicted octanol–water partition coefficient (Wildman–Crippen LogP) is 3.07. The second kappa shape index (κ2) is 7.62. The van der Waals surface area contributed by atoms with Crippen LogP contribution < -0.4 is 11.1 Å². The van der Waals surface area contributed by atoms with E-state index < -0.39 is 46.7 Å². The van der Waals surface area contributed by atoms with Gasteiger partial charge in [-0.3, -0.25) is 4.79 Å². The Bertz CT molecular complexity index is 880. The third-order valence-electron chi connectivity index (χ3n) is 3.55. The molecule has 152 valence electrons. The van der Waals surface area contributed by atoms with Crippen LogP contribution in [0.5, 0.6) is 0 Å². The lowest BCUT2D eigenvalue weighted by atomic mass is 9.99. The molecule has 4 N–H and O–H groups in total. The molecule has 1 aromatic heterocycles. The van der Waals surface area contributed by atoms with Crippen molar-refractivity contribution in [3.8, 4) is 11.3 Å². The van der Waals surface area contributed by atoms with Gasteiger partial charge in [0.05, 0.1) is 28.5 Å². The van der Waals surface area contributed by atoms with Gasteiger partial charge in [-0.15, -0.1) is 10.2 Å². The number of hydrogen-bond acceptors (Lipinski definition) is 5. The van der Waals surface area contributed by atoms with Gasteiger partial charge >= 0.3 is 12.4 Å². The third kappa shape index (κ3) is 4.88. The number of primary amides is 1. The number of nitrogens with one attached hydrogen (secondary N) is 1. The van der Waals surface area contributed by atoms with Gasteiger partial charge in [-0.05, 0) is 25.1 Å². The Kier molecular flexibility index (Phi) is 5.83. The number of hydrogen-bond donors (Lipinski definition) is 3. The molecule has 1 aromatic carbocycles. The summed E-state index contributed by atoms with van der Waals surface area (Å²) in [5.74, 6) is -1.23. The summed E-state index contributed by atoms with van der Waals surface area (Å²) in [5.41, 5.74) is 0.602. The van der Waals surface area contributed by atoms with Crippen molar-refractivity contribution in [2.75, 3.05) is 11.9 Å². The van der Waals surface area contributed by atoms with E-state index in [1.165, 1.54) is 6.92 Å². The summed E-state index contributed by atoms with van der Waals surface area (Å²) >= 11 is 0.